The maximum absolute atomic E-state index is 12.2. The monoisotopic (exact) mass is 412 g/mol. The number of aryl methyl sites for hydroxylation is 1. The first-order valence-corrected chi connectivity index (χ1v) is 10.8. The van der Waals surface area contributed by atoms with Gasteiger partial charge in [-0.25, -0.2) is 4.98 Å². The van der Waals surface area contributed by atoms with Crippen LogP contribution in [0.2, 0.25) is 0 Å². The van der Waals surface area contributed by atoms with E-state index in [0.717, 1.165) is 23.1 Å². The second-order valence-corrected chi connectivity index (χ2v) is 8.01. The van der Waals surface area contributed by atoms with Gasteiger partial charge in [-0.05, 0) is 38.0 Å². The fourth-order valence-corrected chi connectivity index (χ4v) is 3.56. The average Bonchev–Trinajstić information content (AvgIpc) is 3.39. The van der Waals surface area contributed by atoms with Gasteiger partial charge in [-0.15, -0.1) is 0 Å². The summed E-state index contributed by atoms with van der Waals surface area (Å²) in [6.07, 6.45) is 3.67. The van der Waals surface area contributed by atoms with Crippen LogP contribution in [-0.2, 0) is 17.8 Å². The Bertz CT molecular complexity index is 890. The zero-order valence-electron chi connectivity index (χ0n) is 17.2. The number of hydrogen-bond acceptors (Lipinski definition) is 6. The van der Waals surface area contributed by atoms with Gasteiger partial charge in [-0.2, -0.15) is 4.37 Å². The molecule has 154 valence electrons. The number of nitrogens with one attached hydrogen (secondary N) is 1. The summed E-state index contributed by atoms with van der Waals surface area (Å²) in [5, 5.41) is 3.82. The highest BCUT2D eigenvalue weighted by atomic mass is 32.1. The van der Waals surface area contributed by atoms with Gasteiger partial charge in [0.15, 0.2) is 0 Å². The highest BCUT2D eigenvalue weighted by Gasteiger charge is 2.17. The van der Waals surface area contributed by atoms with Crippen LogP contribution in [0.1, 0.15) is 49.4 Å². The number of amides is 1. The fourth-order valence-electron chi connectivity index (χ4n) is 2.85. The quantitative estimate of drug-likeness (QED) is 0.536. The Balaban J connectivity index is 1.67. The van der Waals surface area contributed by atoms with E-state index in [9.17, 15) is 4.79 Å². The molecule has 0 unspecified atom stereocenters. The van der Waals surface area contributed by atoms with Crippen LogP contribution in [-0.4, -0.2) is 27.9 Å². The van der Waals surface area contributed by atoms with Gasteiger partial charge in [0.1, 0.15) is 11.6 Å². The van der Waals surface area contributed by atoms with E-state index in [1.54, 1.807) is 6.26 Å². The van der Waals surface area contributed by atoms with Gasteiger partial charge in [0.05, 0.1) is 12.8 Å². The van der Waals surface area contributed by atoms with Gasteiger partial charge in [0.25, 0.3) is 0 Å². The first-order valence-electron chi connectivity index (χ1n) is 9.98. The summed E-state index contributed by atoms with van der Waals surface area (Å²) < 4.78 is 10.0. The van der Waals surface area contributed by atoms with E-state index < -0.39 is 0 Å². The molecule has 2 aromatic heterocycles. The summed E-state index contributed by atoms with van der Waals surface area (Å²) in [6.45, 7) is 7.27. The van der Waals surface area contributed by atoms with E-state index in [1.807, 2.05) is 19.1 Å². The largest absolute Gasteiger partial charge is 0.467 e. The topological polar surface area (TPSA) is 71.3 Å². The normalized spacial score (nSPS) is 12.0. The number of rotatable bonds is 10. The van der Waals surface area contributed by atoms with Crippen molar-refractivity contribution in [1.29, 1.82) is 0 Å². The van der Waals surface area contributed by atoms with Crippen LogP contribution in [0.3, 0.4) is 0 Å². The summed E-state index contributed by atoms with van der Waals surface area (Å²) in [5.41, 5.74) is 2.42. The maximum atomic E-state index is 12.2. The molecule has 0 radical (unpaired) electrons. The number of nitrogens with zero attached hydrogens (tertiary/aromatic N) is 3. The molecule has 0 fully saturated rings. The molecule has 7 heteroatoms. The molecule has 0 saturated heterocycles. The van der Waals surface area contributed by atoms with Crippen LogP contribution in [0.15, 0.2) is 47.1 Å². The zero-order chi connectivity index (χ0) is 20.6. The minimum atomic E-state index is 0.0492. The fraction of sp³-hybridized carbons (Fsp3) is 0.409. The Kier molecular flexibility index (Phi) is 7.41. The zero-order valence-corrected chi connectivity index (χ0v) is 18.0. The van der Waals surface area contributed by atoms with Crippen molar-refractivity contribution < 1.29 is 9.21 Å². The van der Waals surface area contributed by atoms with Gasteiger partial charge >= 0.3 is 0 Å². The SMILES string of the molecule is CC[C@@H](C)NC(=O)CCN(Cc1ccco1)c1nc(Cc2ccc(C)cc2)ns1. The van der Waals surface area contributed by atoms with E-state index in [1.165, 1.54) is 22.7 Å². The van der Waals surface area contributed by atoms with Crippen LogP contribution < -0.4 is 10.2 Å². The molecule has 1 N–H and O–H groups in total. The lowest BCUT2D eigenvalue weighted by Gasteiger charge is -2.20. The van der Waals surface area contributed by atoms with Crippen LogP contribution in [0.25, 0.3) is 0 Å². The summed E-state index contributed by atoms with van der Waals surface area (Å²) >= 11 is 1.36. The molecular formula is C22H28N4O2S. The van der Waals surface area contributed by atoms with E-state index in [4.69, 9.17) is 9.40 Å². The minimum Gasteiger partial charge on any atom is -0.467 e. The van der Waals surface area contributed by atoms with Crippen LogP contribution >= 0.6 is 11.5 Å². The van der Waals surface area contributed by atoms with Crippen LogP contribution in [0.5, 0.6) is 0 Å². The first kappa shape index (κ1) is 21.0. The number of carbonyl (C=O) groups is 1. The average molecular weight is 413 g/mol. The van der Waals surface area contributed by atoms with Gasteiger partial charge in [-0.3, -0.25) is 4.79 Å². The van der Waals surface area contributed by atoms with E-state index >= 15 is 0 Å². The lowest BCUT2D eigenvalue weighted by molar-refractivity contribution is -0.121. The third kappa shape index (κ3) is 6.42. The van der Waals surface area contributed by atoms with Crippen molar-refractivity contribution in [2.45, 2.75) is 52.6 Å². The number of aromatic nitrogens is 2. The molecule has 2 heterocycles. The Morgan fingerprint density at radius 3 is 2.76 bits per heavy atom. The Hall–Kier alpha value is -2.67. The molecule has 3 rings (SSSR count). The Morgan fingerprint density at radius 1 is 1.28 bits per heavy atom. The first-order chi connectivity index (χ1) is 14.0. The van der Waals surface area contributed by atoms with E-state index in [2.05, 4.69) is 52.7 Å². The summed E-state index contributed by atoms with van der Waals surface area (Å²) in [7, 11) is 0. The Morgan fingerprint density at radius 2 is 2.07 bits per heavy atom. The summed E-state index contributed by atoms with van der Waals surface area (Å²) in [6, 6.07) is 12.4. The standard InChI is InChI=1S/C22H28N4O2S/c1-4-17(3)23-21(27)11-12-26(15-19-6-5-13-28-19)22-24-20(25-29-22)14-18-9-7-16(2)8-10-18/h5-10,13,17H,4,11-12,14-15H2,1-3H3,(H,23,27)/t17-/m1/s1. The molecule has 0 aliphatic carbocycles. The lowest BCUT2D eigenvalue weighted by Crippen LogP contribution is -2.35. The van der Waals surface area contributed by atoms with Gasteiger partial charge < -0.3 is 14.6 Å². The molecular weight excluding hydrogens is 384 g/mol. The van der Waals surface area contributed by atoms with Crippen molar-refractivity contribution in [1.82, 2.24) is 14.7 Å². The summed E-state index contributed by atoms with van der Waals surface area (Å²) in [5.74, 6) is 1.68. The van der Waals surface area contributed by atoms with Gasteiger partial charge in [0.2, 0.25) is 11.0 Å². The van der Waals surface area contributed by atoms with Crippen molar-refractivity contribution >= 4 is 22.6 Å². The van der Waals surface area contributed by atoms with Crippen molar-refractivity contribution in [3.8, 4) is 0 Å². The molecule has 29 heavy (non-hydrogen) atoms. The number of hydrogen-bond donors (Lipinski definition) is 1. The number of furan rings is 1. The second kappa shape index (κ2) is 10.2. The van der Waals surface area contributed by atoms with E-state index in [0.29, 0.717) is 25.9 Å². The smallest absolute Gasteiger partial charge is 0.221 e. The number of benzene rings is 1. The number of carbonyl (C=O) groups excluding carboxylic acids is 1. The molecule has 0 aliphatic rings. The molecule has 0 bridgehead atoms. The molecule has 6 nitrogen and oxygen atoms in total. The highest BCUT2D eigenvalue weighted by Crippen LogP contribution is 2.22. The van der Waals surface area contributed by atoms with Crippen LogP contribution in [0.4, 0.5) is 5.13 Å². The third-order valence-electron chi connectivity index (χ3n) is 4.77. The van der Waals surface area contributed by atoms with Crippen molar-refractivity contribution in [2.24, 2.45) is 0 Å². The molecule has 1 amide bonds. The highest BCUT2D eigenvalue weighted by molar-refractivity contribution is 7.09. The van der Waals surface area contributed by atoms with Crippen molar-refractivity contribution in [3.63, 3.8) is 0 Å². The predicted octanol–water partition coefficient (Wildman–Crippen LogP) is 4.34. The second-order valence-electron chi connectivity index (χ2n) is 7.28. The van der Waals surface area contributed by atoms with Crippen molar-refractivity contribution in [3.05, 3.63) is 65.4 Å². The molecule has 0 saturated carbocycles. The molecule has 0 aliphatic heterocycles. The Labute approximate surface area is 176 Å². The molecule has 3 aromatic rings. The van der Waals surface area contributed by atoms with Crippen LogP contribution in [0, 0.1) is 6.92 Å². The molecule has 1 atom stereocenters. The van der Waals surface area contributed by atoms with Crippen molar-refractivity contribution in [2.75, 3.05) is 11.4 Å². The molecule has 0 spiro atoms. The summed E-state index contributed by atoms with van der Waals surface area (Å²) in [4.78, 5) is 19.0. The van der Waals surface area contributed by atoms with E-state index in [-0.39, 0.29) is 11.9 Å². The number of anilines is 1. The third-order valence-corrected chi connectivity index (χ3v) is 5.58. The minimum absolute atomic E-state index is 0.0492. The molecule has 1 aromatic carbocycles. The maximum Gasteiger partial charge on any atom is 0.221 e. The predicted molar refractivity (Wildman–Crippen MR) is 116 cm³/mol. The lowest BCUT2D eigenvalue weighted by atomic mass is 10.1. The van der Waals surface area contributed by atoms with Gasteiger partial charge in [0, 0.05) is 37.0 Å². The van der Waals surface area contributed by atoms with Gasteiger partial charge in [-0.1, -0.05) is 36.8 Å².